The minimum absolute atomic E-state index is 0.0753. The molecule has 0 unspecified atom stereocenters. The molecule has 2 amide bonds. The minimum Gasteiger partial charge on any atom is -0.354 e. The summed E-state index contributed by atoms with van der Waals surface area (Å²) in [6.07, 6.45) is 2.02. The average Bonchev–Trinajstić information content (AvgIpc) is 2.94. The Hall–Kier alpha value is -3.14. The van der Waals surface area contributed by atoms with Gasteiger partial charge in [-0.25, -0.2) is 12.8 Å². The molecule has 1 N–H and O–H groups in total. The third-order valence-electron chi connectivity index (χ3n) is 6.43. The number of rotatable bonds is 14. The Balaban J connectivity index is 1.90. The number of benzene rings is 3. The largest absolute Gasteiger partial charge is 0.354 e. The standard InChI is InChI=1S/C30H34Cl2FN3O4S/c1-3-17-34-30(38)28(20-22-10-5-4-6-11-22)35(21-23-15-16-24(31)25(32)19-23)29(37)14-9-18-36(41(2,39)40)27-13-8-7-12-26(27)33/h4-8,10-13,15-16,19,28H,3,9,14,17-18,20-21H2,1-2H3,(H,34,38)/t28-/m0/s1. The summed E-state index contributed by atoms with van der Waals surface area (Å²) in [6, 6.07) is 19.1. The summed E-state index contributed by atoms with van der Waals surface area (Å²) < 4.78 is 40.4. The number of carbonyl (C=O) groups excluding carboxylic acids is 2. The summed E-state index contributed by atoms with van der Waals surface area (Å²) >= 11 is 12.3. The Labute approximate surface area is 251 Å². The molecule has 220 valence electrons. The molecule has 1 atom stereocenters. The number of nitrogens with zero attached hydrogens (tertiary/aromatic N) is 2. The van der Waals surface area contributed by atoms with Crippen LogP contribution >= 0.6 is 23.2 Å². The quantitative estimate of drug-likeness (QED) is 0.245. The number of carbonyl (C=O) groups is 2. The molecule has 0 aliphatic carbocycles. The molecule has 0 spiro atoms. The highest BCUT2D eigenvalue weighted by Crippen LogP contribution is 2.25. The fourth-order valence-corrected chi connectivity index (χ4v) is 5.68. The molecule has 0 aliphatic rings. The molecular formula is C30H34Cl2FN3O4S. The van der Waals surface area contributed by atoms with Gasteiger partial charge in [-0.1, -0.05) is 78.7 Å². The van der Waals surface area contributed by atoms with Crippen LogP contribution in [0.5, 0.6) is 0 Å². The van der Waals surface area contributed by atoms with Crippen molar-refractivity contribution < 1.29 is 22.4 Å². The fourth-order valence-electron chi connectivity index (χ4n) is 4.39. The second kappa shape index (κ2) is 15.2. The third kappa shape index (κ3) is 9.45. The normalized spacial score (nSPS) is 12.0. The molecule has 0 radical (unpaired) electrons. The zero-order valence-corrected chi connectivity index (χ0v) is 25.4. The number of sulfonamides is 1. The molecule has 3 rings (SSSR count). The van der Waals surface area contributed by atoms with E-state index in [4.69, 9.17) is 23.2 Å². The van der Waals surface area contributed by atoms with E-state index >= 15 is 0 Å². The Bertz CT molecular complexity index is 1440. The first kappa shape index (κ1) is 32.4. The van der Waals surface area contributed by atoms with Crippen molar-refractivity contribution in [3.8, 4) is 0 Å². The van der Waals surface area contributed by atoms with Gasteiger partial charge in [-0.2, -0.15) is 0 Å². The maximum atomic E-state index is 14.4. The van der Waals surface area contributed by atoms with Gasteiger partial charge in [-0.05, 0) is 48.2 Å². The molecule has 3 aromatic carbocycles. The first-order valence-electron chi connectivity index (χ1n) is 13.3. The molecule has 0 saturated carbocycles. The smallest absolute Gasteiger partial charge is 0.243 e. The molecule has 11 heteroatoms. The molecule has 41 heavy (non-hydrogen) atoms. The van der Waals surface area contributed by atoms with Crippen LogP contribution in [0.15, 0.2) is 72.8 Å². The molecule has 0 saturated heterocycles. The zero-order valence-electron chi connectivity index (χ0n) is 23.0. The SMILES string of the molecule is CCCNC(=O)[C@H](Cc1ccccc1)N(Cc1ccc(Cl)c(Cl)c1)C(=O)CCCN(c1ccccc1F)S(C)(=O)=O. The van der Waals surface area contributed by atoms with Crippen LogP contribution in [0.1, 0.15) is 37.3 Å². The van der Waals surface area contributed by atoms with Gasteiger partial charge >= 0.3 is 0 Å². The van der Waals surface area contributed by atoms with E-state index in [2.05, 4.69) is 5.32 Å². The lowest BCUT2D eigenvalue weighted by atomic mass is 10.0. The van der Waals surface area contributed by atoms with Crippen LogP contribution in [0.2, 0.25) is 10.0 Å². The molecule has 0 fully saturated rings. The van der Waals surface area contributed by atoms with E-state index in [1.807, 2.05) is 37.3 Å². The Morgan fingerprint density at radius 2 is 1.63 bits per heavy atom. The number of amides is 2. The number of anilines is 1. The van der Waals surface area contributed by atoms with Gasteiger partial charge in [0.2, 0.25) is 21.8 Å². The van der Waals surface area contributed by atoms with Crippen LogP contribution in [0.25, 0.3) is 0 Å². The number of hydrogen-bond donors (Lipinski definition) is 1. The van der Waals surface area contributed by atoms with Crippen molar-refractivity contribution in [2.75, 3.05) is 23.7 Å². The van der Waals surface area contributed by atoms with Crippen molar-refractivity contribution in [1.82, 2.24) is 10.2 Å². The molecule has 7 nitrogen and oxygen atoms in total. The van der Waals surface area contributed by atoms with Gasteiger partial charge in [0.1, 0.15) is 11.9 Å². The van der Waals surface area contributed by atoms with Crippen LogP contribution < -0.4 is 9.62 Å². The van der Waals surface area contributed by atoms with E-state index in [-0.39, 0.29) is 49.9 Å². The Morgan fingerprint density at radius 3 is 2.27 bits per heavy atom. The Morgan fingerprint density at radius 1 is 0.951 bits per heavy atom. The molecule has 3 aromatic rings. The maximum Gasteiger partial charge on any atom is 0.243 e. The van der Waals surface area contributed by atoms with Crippen molar-refractivity contribution in [2.24, 2.45) is 0 Å². The van der Waals surface area contributed by atoms with E-state index < -0.39 is 21.9 Å². The predicted octanol–water partition coefficient (Wildman–Crippen LogP) is 5.85. The lowest BCUT2D eigenvalue weighted by molar-refractivity contribution is -0.141. The van der Waals surface area contributed by atoms with Gasteiger partial charge in [-0.3, -0.25) is 13.9 Å². The zero-order chi connectivity index (χ0) is 30.0. The second-order valence-corrected chi connectivity index (χ2v) is 12.4. The summed E-state index contributed by atoms with van der Waals surface area (Å²) in [5.74, 6) is -1.33. The highest BCUT2D eigenvalue weighted by Gasteiger charge is 2.30. The number of nitrogens with one attached hydrogen (secondary N) is 1. The van der Waals surface area contributed by atoms with Crippen LogP contribution in [0, 0.1) is 5.82 Å². The maximum absolute atomic E-state index is 14.4. The summed E-state index contributed by atoms with van der Waals surface area (Å²) in [4.78, 5) is 28.7. The van der Waals surface area contributed by atoms with Gasteiger partial charge in [0.05, 0.1) is 22.0 Å². The second-order valence-electron chi connectivity index (χ2n) is 9.66. The monoisotopic (exact) mass is 621 g/mol. The van der Waals surface area contributed by atoms with Crippen molar-refractivity contribution in [3.05, 3.63) is 99.8 Å². The summed E-state index contributed by atoms with van der Waals surface area (Å²) in [7, 11) is -3.82. The first-order valence-corrected chi connectivity index (χ1v) is 15.9. The number of hydrogen-bond acceptors (Lipinski definition) is 4. The van der Waals surface area contributed by atoms with Crippen LogP contribution in [-0.2, 0) is 32.6 Å². The van der Waals surface area contributed by atoms with Gasteiger partial charge in [0, 0.05) is 32.5 Å². The molecule has 0 bridgehead atoms. The molecular weight excluding hydrogens is 588 g/mol. The van der Waals surface area contributed by atoms with Gasteiger partial charge in [0.15, 0.2) is 0 Å². The van der Waals surface area contributed by atoms with Crippen LogP contribution in [0.4, 0.5) is 10.1 Å². The van der Waals surface area contributed by atoms with Crippen molar-refractivity contribution in [1.29, 1.82) is 0 Å². The van der Waals surface area contributed by atoms with Crippen molar-refractivity contribution in [2.45, 2.75) is 45.2 Å². The summed E-state index contributed by atoms with van der Waals surface area (Å²) in [6.45, 7) is 2.35. The Kier molecular flexibility index (Phi) is 12.0. The van der Waals surface area contributed by atoms with E-state index in [9.17, 15) is 22.4 Å². The minimum atomic E-state index is -3.82. The highest BCUT2D eigenvalue weighted by molar-refractivity contribution is 7.92. The lowest BCUT2D eigenvalue weighted by Crippen LogP contribution is -2.50. The first-order chi connectivity index (χ1) is 19.5. The molecule has 0 aliphatic heterocycles. The predicted molar refractivity (Wildman–Crippen MR) is 162 cm³/mol. The van der Waals surface area contributed by atoms with Gasteiger partial charge in [-0.15, -0.1) is 0 Å². The number of para-hydroxylation sites is 1. The highest BCUT2D eigenvalue weighted by atomic mass is 35.5. The number of halogens is 3. The summed E-state index contributed by atoms with van der Waals surface area (Å²) in [5.41, 5.74) is 1.47. The fraction of sp³-hybridized carbons (Fsp3) is 0.333. The van der Waals surface area contributed by atoms with Crippen molar-refractivity contribution >= 4 is 50.7 Å². The third-order valence-corrected chi connectivity index (χ3v) is 8.35. The molecule has 0 heterocycles. The molecule has 0 aromatic heterocycles. The van der Waals surface area contributed by atoms with E-state index in [1.54, 1.807) is 24.3 Å². The summed E-state index contributed by atoms with van der Waals surface area (Å²) in [5, 5.41) is 3.59. The van der Waals surface area contributed by atoms with Gasteiger partial charge < -0.3 is 10.2 Å². The van der Waals surface area contributed by atoms with Crippen LogP contribution in [-0.4, -0.2) is 50.5 Å². The lowest BCUT2D eigenvalue weighted by Gasteiger charge is -2.32. The van der Waals surface area contributed by atoms with E-state index in [1.165, 1.54) is 23.1 Å². The van der Waals surface area contributed by atoms with Crippen LogP contribution in [0.3, 0.4) is 0 Å². The van der Waals surface area contributed by atoms with E-state index in [0.29, 0.717) is 22.2 Å². The average molecular weight is 623 g/mol. The van der Waals surface area contributed by atoms with E-state index in [0.717, 1.165) is 22.5 Å². The van der Waals surface area contributed by atoms with Gasteiger partial charge in [0.25, 0.3) is 0 Å². The van der Waals surface area contributed by atoms with Crippen molar-refractivity contribution in [3.63, 3.8) is 0 Å². The topological polar surface area (TPSA) is 86.8 Å².